The number of nitrogens with zero attached hydrogens (tertiary/aromatic N) is 3. The zero-order valence-electron chi connectivity index (χ0n) is 20.2. The van der Waals surface area contributed by atoms with Crippen molar-refractivity contribution in [2.24, 2.45) is 0 Å². The van der Waals surface area contributed by atoms with E-state index < -0.39 is 11.9 Å². The number of nitrogens with one attached hydrogen (secondary N) is 2. The first kappa shape index (κ1) is 24.3. The average Bonchev–Trinajstić information content (AvgIpc) is 3.49. The van der Waals surface area contributed by atoms with Crippen LogP contribution >= 0.6 is 11.3 Å². The first-order valence-corrected chi connectivity index (χ1v) is 13.1. The Morgan fingerprint density at radius 1 is 1.16 bits per heavy atom. The Bertz CT molecular complexity index is 1520. The van der Waals surface area contributed by atoms with E-state index in [1.54, 1.807) is 29.4 Å². The van der Waals surface area contributed by atoms with E-state index in [1.165, 1.54) is 23.5 Å². The van der Waals surface area contributed by atoms with E-state index in [-0.39, 0.29) is 30.2 Å². The molecular formula is C27H24FN5O4S. The Labute approximate surface area is 221 Å². The summed E-state index contributed by atoms with van der Waals surface area (Å²) in [4.78, 5) is 35.3. The van der Waals surface area contributed by atoms with Gasteiger partial charge in [0.05, 0.1) is 33.3 Å². The second-order valence-corrected chi connectivity index (χ2v) is 10.5. The fourth-order valence-electron chi connectivity index (χ4n) is 4.27. The Balaban J connectivity index is 1.17. The largest absolute Gasteiger partial charge is 0.453 e. The fraction of sp³-hybridized carbons (Fsp3) is 0.259. The van der Waals surface area contributed by atoms with Crippen LogP contribution in [-0.4, -0.2) is 50.6 Å². The first-order chi connectivity index (χ1) is 18.4. The zero-order chi connectivity index (χ0) is 26.2. The molecule has 38 heavy (non-hydrogen) atoms. The van der Waals surface area contributed by atoms with E-state index in [2.05, 4.69) is 20.6 Å². The lowest BCUT2D eigenvalue weighted by Gasteiger charge is -2.15. The summed E-state index contributed by atoms with van der Waals surface area (Å²) >= 11 is 1.43. The highest BCUT2D eigenvalue weighted by Gasteiger charge is 2.28. The lowest BCUT2D eigenvalue weighted by Crippen LogP contribution is -2.30. The van der Waals surface area contributed by atoms with Crippen LogP contribution in [0.25, 0.3) is 20.8 Å². The van der Waals surface area contributed by atoms with Gasteiger partial charge in [0.1, 0.15) is 5.75 Å². The summed E-state index contributed by atoms with van der Waals surface area (Å²) in [7, 11) is 0. The Hall–Kier alpha value is -4.09. The van der Waals surface area contributed by atoms with E-state index in [9.17, 15) is 19.1 Å². The van der Waals surface area contributed by atoms with Crippen molar-refractivity contribution in [3.63, 3.8) is 0 Å². The molecule has 3 N–H and O–H groups in total. The number of thiophene rings is 1. The molecule has 9 nitrogen and oxygen atoms in total. The van der Waals surface area contributed by atoms with Crippen LogP contribution in [0.5, 0.6) is 11.5 Å². The number of fused-ring (bicyclic) bond motifs is 1. The van der Waals surface area contributed by atoms with Crippen molar-refractivity contribution in [2.45, 2.75) is 38.0 Å². The summed E-state index contributed by atoms with van der Waals surface area (Å²) in [6, 6.07) is 11.5. The predicted octanol–water partition coefficient (Wildman–Crippen LogP) is 4.67. The van der Waals surface area contributed by atoms with Gasteiger partial charge < -0.3 is 25.4 Å². The van der Waals surface area contributed by atoms with Gasteiger partial charge in [-0.3, -0.25) is 14.8 Å². The van der Waals surface area contributed by atoms with Crippen molar-refractivity contribution < 1.29 is 23.8 Å². The van der Waals surface area contributed by atoms with Gasteiger partial charge >= 0.3 is 6.03 Å². The second-order valence-electron chi connectivity index (χ2n) is 9.44. The van der Waals surface area contributed by atoms with Crippen LogP contribution in [0.1, 0.15) is 24.8 Å². The number of carbonyl (C=O) groups is 2. The molecule has 3 aromatic heterocycles. The molecule has 0 radical (unpaired) electrons. The van der Waals surface area contributed by atoms with Gasteiger partial charge in [0.15, 0.2) is 11.6 Å². The van der Waals surface area contributed by atoms with Gasteiger partial charge in [0.2, 0.25) is 5.91 Å². The molecule has 1 saturated heterocycles. The number of hydrogen-bond acceptors (Lipinski definition) is 7. The molecule has 0 spiro atoms. The van der Waals surface area contributed by atoms with Crippen LogP contribution in [0, 0.1) is 5.82 Å². The maximum absolute atomic E-state index is 14.8. The summed E-state index contributed by atoms with van der Waals surface area (Å²) in [6.07, 6.45) is 4.80. The molecule has 1 aliphatic carbocycles. The van der Waals surface area contributed by atoms with Crippen molar-refractivity contribution in [3.8, 4) is 22.1 Å². The SMILES string of the molecule is O=C(Nc1ccc(Oc2ccnc3cc(-c4ccc(CN5CC(O)CC5=O)cn4)sc23)c(F)c1)NC1CC1. The number of urea groups is 1. The molecule has 2 aliphatic rings. The van der Waals surface area contributed by atoms with Gasteiger partial charge in [0.25, 0.3) is 0 Å². The third kappa shape index (κ3) is 5.29. The molecule has 1 aromatic carbocycles. The number of amides is 3. The van der Waals surface area contributed by atoms with Gasteiger partial charge in [-0.05, 0) is 42.7 Å². The molecule has 4 heterocycles. The van der Waals surface area contributed by atoms with Crippen LogP contribution < -0.4 is 15.4 Å². The van der Waals surface area contributed by atoms with Gasteiger partial charge in [-0.15, -0.1) is 11.3 Å². The monoisotopic (exact) mass is 533 g/mol. The number of likely N-dealkylation sites (tertiary alicyclic amines) is 1. The topological polar surface area (TPSA) is 117 Å². The molecule has 1 saturated carbocycles. The molecular weight excluding hydrogens is 509 g/mol. The Morgan fingerprint density at radius 3 is 2.74 bits per heavy atom. The van der Waals surface area contributed by atoms with Gasteiger partial charge in [-0.25, -0.2) is 9.18 Å². The van der Waals surface area contributed by atoms with E-state index in [0.29, 0.717) is 30.0 Å². The minimum Gasteiger partial charge on any atom is -0.453 e. The molecule has 1 unspecified atom stereocenters. The molecule has 11 heteroatoms. The van der Waals surface area contributed by atoms with E-state index in [0.717, 1.165) is 33.7 Å². The summed E-state index contributed by atoms with van der Waals surface area (Å²) in [6.45, 7) is 0.737. The number of hydrogen-bond donors (Lipinski definition) is 3. The van der Waals surface area contributed by atoms with Crippen LogP contribution in [0.3, 0.4) is 0 Å². The Kier molecular flexibility index (Phi) is 6.38. The summed E-state index contributed by atoms with van der Waals surface area (Å²) in [5.74, 6) is -0.173. The number of carbonyl (C=O) groups excluding carboxylic acids is 2. The quantitative estimate of drug-likeness (QED) is 0.318. The first-order valence-electron chi connectivity index (χ1n) is 12.3. The number of anilines is 1. The van der Waals surface area contributed by atoms with Gasteiger partial charge in [0, 0.05) is 49.3 Å². The van der Waals surface area contributed by atoms with Crippen LogP contribution in [0.4, 0.5) is 14.9 Å². The third-order valence-corrected chi connectivity index (χ3v) is 7.50. The van der Waals surface area contributed by atoms with Crippen LogP contribution in [-0.2, 0) is 11.3 Å². The summed E-state index contributed by atoms with van der Waals surface area (Å²) in [5.41, 5.74) is 2.64. The summed E-state index contributed by atoms with van der Waals surface area (Å²) < 4.78 is 21.5. The minimum atomic E-state index is -0.612. The van der Waals surface area contributed by atoms with Crippen molar-refractivity contribution in [1.82, 2.24) is 20.2 Å². The summed E-state index contributed by atoms with van der Waals surface area (Å²) in [5, 5.41) is 15.1. The van der Waals surface area contributed by atoms with Crippen LogP contribution in [0.15, 0.2) is 54.9 Å². The number of ether oxygens (including phenoxy) is 1. The van der Waals surface area contributed by atoms with Crippen molar-refractivity contribution in [1.29, 1.82) is 0 Å². The molecule has 3 amide bonds. The van der Waals surface area contributed by atoms with Crippen molar-refractivity contribution >= 4 is 39.2 Å². The number of pyridine rings is 2. The average molecular weight is 534 g/mol. The second kappa shape index (κ2) is 9.99. The predicted molar refractivity (Wildman–Crippen MR) is 141 cm³/mol. The molecule has 1 atom stereocenters. The molecule has 0 bridgehead atoms. The number of aliphatic hydroxyl groups excluding tert-OH is 1. The van der Waals surface area contributed by atoms with E-state index in [4.69, 9.17) is 4.74 Å². The molecule has 4 aromatic rings. The highest BCUT2D eigenvalue weighted by atomic mass is 32.1. The molecule has 194 valence electrons. The lowest BCUT2D eigenvalue weighted by molar-refractivity contribution is -0.128. The number of halogens is 1. The zero-order valence-corrected chi connectivity index (χ0v) is 21.0. The fourth-order valence-corrected chi connectivity index (χ4v) is 5.31. The number of aromatic nitrogens is 2. The minimum absolute atomic E-state index is 0.0321. The normalized spacial score (nSPS) is 17.2. The van der Waals surface area contributed by atoms with Gasteiger partial charge in [-0.2, -0.15) is 0 Å². The molecule has 6 rings (SSSR count). The lowest BCUT2D eigenvalue weighted by atomic mass is 10.2. The standard InChI is InChI=1S/C27H24FN5O4S/c28-19-9-17(32-27(36)31-16-2-3-16)4-6-22(19)37-23-7-8-29-21-11-24(38-26(21)23)20-5-1-15(12-30-20)13-33-14-18(34)10-25(33)35/h1,4-9,11-12,16,18,34H,2-3,10,13-14H2,(H2,31,32,36). The highest BCUT2D eigenvalue weighted by Crippen LogP contribution is 2.39. The van der Waals surface area contributed by atoms with Crippen molar-refractivity contribution in [3.05, 3.63) is 66.2 Å². The highest BCUT2D eigenvalue weighted by molar-refractivity contribution is 7.22. The van der Waals surface area contributed by atoms with Crippen molar-refractivity contribution in [2.75, 3.05) is 11.9 Å². The third-order valence-electron chi connectivity index (χ3n) is 6.34. The molecule has 2 fully saturated rings. The maximum Gasteiger partial charge on any atom is 0.319 e. The smallest absolute Gasteiger partial charge is 0.319 e. The van der Waals surface area contributed by atoms with E-state index in [1.807, 2.05) is 18.2 Å². The number of rotatable bonds is 7. The maximum atomic E-state index is 14.8. The number of aliphatic hydroxyl groups is 1. The Morgan fingerprint density at radius 2 is 2.03 bits per heavy atom. The van der Waals surface area contributed by atoms with Gasteiger partial charge in [-0.1, -0.05) is 6.07 Å². The number of β-amino-alcohol motifs (C(OH)–C–C–N with tert-alkyl or cyclic N) is 1. The number of benzene rings is 1. The van der Waals surface area contributed by atoms with E-state index >= 15 is 0 Å². The van der Waals surface area contributed by atoms with Crippen LogP contribution in [0.2, 0.25) is 0 Å². The molecule has 1 aliphatic heterocycles.